The molecule has 0 aliphatic carbocycles. The van der Waals surface area contributed by atoms with Gasteiger partial charge in [0.1, 0.15) is 11.5 Å². The summed E-state index contributed by atoms with van der Waals surface area (Å²) in [5.41, 5.74) is 1.89. The summed E-state index contributed by atoms with van der Waals surface area (Å²) in [5, 5.41) is 37.5. The van der Waals surface area contributed by atoms with Crippen molar-refractivity contribution in [1.82, 2.24) is 0 Å². The molecule has 196 valence electrons. The third kappa shape index (κ3) is 10.5. The molecule has 0 aromatic heterocycles. The molecule has 0 amide bonds. The quantitative estimate of drug-likeness (QED) is 0.185. The fourth-order valence-electron chi connectivity index (χ4n) is 3.40. The van der Waals surface area contributed by atoms with E-state index in [-0.39, 0.29) is 18.6 Å². The van der Waals surface area contributed by atoms with E-state index in [0.29, 0.717) is 63.6 Å². The Labute approximate surface area is 208 Å². The second-order valence-electron chi connectivity index (χ2n) is 8.78. The van der Waals surface area contributed by atoms with Crippen LogP contribution < -0.4 is 9.47 Å². The van der Waals surface area contributed by atoms with Gasteiger partial charge in [0.15, 0.2) is 12.6 Å². The third-order valence-corrected chi connectivity index (χ3v) is 5.61. The fraction of sp³-hybridized carbons (Fsp3) is 0.556. The summed E-state index contributed by atoms with van der Waals surface area (Å²) in [6.07, 6.45) is -0.0740. The monoisotopic (exact) mass is 492 g/mol. The maximum absolute atomic E-state index is 10.0. The predicted octanol–water partition coefficient (Wildman–Crippen LogP) is 2.99. The van der Waals surface area contributed by atoms with Crippen molar-refractivity contribution in [2.75, 3.05) is 39.6 Å². The van der Waals surface area contributed by atoms with Crippen molar-refractivity contribution in [3.8, 4) is 11.5 Å². The number of aliphatic hydroxyl groups is 4. The third-order valence-electron chi connectivity index (χ3n) is 5.61. The first kappa shape index (κ1) is 29.0. The standard InChI is InChI=1S/C27H40O8/c1-27(2,21-5-9-23(10-6-21)34-25(30)13-19-32-17-3-15-28)22-7-11-24(12-8-22)35-26(31)14-20-33-18-4-16-29/h5-12,25-26,28-31H,3-4,13-20H2,1-2H3. The molecule has 0 fully saturated rings. The Morgan fingerprint density at radius 3 is 1.34 bits per heavy atom. The van der Waals surface area contributed by atoms with Crippen LogP contribution in [0, 0.1) is 0 Å². The maximum atomic E-state index is 10.0. The first-order valence-corrected chi connectivity index (χ1v) is 12.1. The Hall–Kier alpha value is -2.20. The lowest BCUT2D eigenvalue weighted by Gasteiger charge is -2.27. The lowest BCUT2D eigenvalue weighted by atomic mass is 9.78. The zero-order valence-corrected chi connectivity index (χ0v) is 20.8. The molecular weight excluding hydrogens is 452 g/mol. The van der Waals surface area contributed by atoms with Crippen LogP contribution in [-0.4, -0.2) is 72.6 Å². The van der Waals surface area contributed by atoms with E-state index in [1.807, 2.05) is 48.5 Å². The molecule has 8 heteroatoms. The van der Waals surface area contributed by atoms with Gasteiger partial charge < -0.3 is 39.4 Å². The highest BCUT2D eigenvalue weighted by Crippen LogP contribution is 2.33. The highest BCUT2D eigenvalue weighted by molar-refractivity contribution is 5.41. The number of hydrogen-bond acceptors (Lipinski definition) is 8. The van der Waals surface area contributed by atoms with E-state index < -0.39 is 12.6 Å². The summed E-state index contributed by atoms with van der Waals surface area (Å²) < 4.78 is 21.8. The minimum absolute atomic E-state index is 0.0892. The van der Waals surface area contributed by atoms with Crippen molar-refractivity contribution < 1.29 is 39.4 Å². The van der Waals surface area contributed by atoms with Gasteiger partial charge in [-0.25, -0.2) is 0 Å². The smallest absolute Gasteiger partial charge is 0.199 e. The predicted molar refractivity (Wildman–Crippen MR) is 133 cm³/mol. The van der Waals surface area contributed by atoms with Gasteiger partial charge in [-0.1, -0.05) is 38.1 Å². The normalized spacial score (nSPS) is 13.4. The molecule has 0 radical (unpaired) electrons. The molecule has 0 bridgehead atoms. The number of aliphatic hydroxyl groups excluding tert-OH is 4. The van der Waals surface area contributed by atoms with Gasteiger partial charge in [-0.15, -0.1) is 0 Å². The second-order valence-corrected chi connectivity index (χ2v) is 8.78. The zero-order chi connectivity index (χ0) is 25.5. The van der Waals surface area contributed by atoms with Gasteiger partial charge >= 0.3 is 0 Å². The summed E-state index contributed by atoms with van der Waals surface area (Å²) in [7, 11) is 0. The van der Waals surface area contributed by atoms with Crippen molar-refractivity contribution in [1.29, 1.82) is 0 Å². The minimum Gasteiger partial charge on any atom is -0.465 e. The Balaban J connectivity index is 1.85. The lowest BCUT2D eigenvalue weighted by molar-refractivity contribution is -0.0426. The summed E-state index contributed by atoms with van der Waals surface area (Å²) >= 11 is 0. The number of ether oxygens (including phenoxy) is 4. The molecule has 2 aromatic rings. The molecule has 0 aliphatic heterocycles. The van der Waals surface area contributed by atoms with E-state index in [1.165, 1.54) is 0 Å². The fourth-order valence-corrected chi connectivity index (χ4v) is 3.40. The summed E-state index contributed by atoms with van der Waals surface area (Å²) in [4.78, 5) is 0. The molecule has 2 atom stereocenters. The minimum atomic E-state index is -0.960. The topological polar surface area (TPSA) is 118 Å². The first-order valence-electron chi connectivity index (χ1n) is 12.1. The molecule has 0 heterocycles. The Morgan fingerprint density at radius 2 is 1.00 bits per heavy atom. The molecule has 2 rings (SSSR count). The van der Waals surface area contributed by atoms with E-state index in [4.69, 9.17) is 29.2 Å². The molecular formula is C27H40O8. The van der Waals surface area contributed by atoms with Gasteiger partial charge in [-0.05, 0) is 48.2 Å². The first-order chi connectivity index (χ1) is 16.9. The lowest BCUT2D eigenvalue weighted by Crippen LogP contribution is -2.20. The van der Waals surface area contributed by atoms with Gasteiger partial charge in [-0.3, -0.25) is 0 Å². The van der Waals surface area contributed by atoms with Gasteiger partial charge in [0, 0.05) is 44.7 Å². The van der Waals surface area contributed by atoms with Crippen LogP contribution in [0.25, 0.3) is 0 Å². The molecule has 4 N–H and O–H groups in total. The van der Waals surface area contributed by atoms with Gasteiger partial charge in [-0.2, -0.15) is 0 Å². The van der Waals surface area contributed by atoms with E-state index in [0.717, 1.165) is 11.1 Å². The molecule has 0 spiro atoms. The highest BCUT2D eigenvalue weighted by atomic mass is 16.6. The molecule has 2 aromatic carbocycles. The van der Waals surface area contributed by atoms with Crippen molar-refractivity contribution in [2.45, 2.75) is 57.5 Å². The highest BCUT2D eigenvalue weighted by Gasteiger charge is 2.23. The van der Waals surface area contributed by atoms with Crippen molar-refractivity contribution in [2.24, 2.45) is 0 Å². The van der Waals surface area contributed by atoms with Crippen molar-refractivity contribution in [3.05, 3.63) is 59.7 Å². The van der Waals surface area contributed by atoms with Gasteiger partial charge in [0.05, 0.1) is 13.2 Å². The van der Waals surface area contributed by atoms with Crippen molar-refractivity contribution in [3.63, 3.8) is 0 Å². The maximum Gasteiger partial charge on any atom is 0.199 e. The van der Waals surface area contributed by atoms with Crippen molar-refractivity contribution >= 4 is 0 Å². The van der Waals surface area contributed by atoms with Crippen LogP contribution in [0.3, 0.4) is 0 Å². The second kappa shape index (κ2) is 15.7. The molecule has 0 aliphatic rings. The number of benzene rings is 2. The van der Waals surface area contributed by atoms with Crippen LogP contribution in [0.5, 0.6) is 11.5 Å². The molecule has 0 saturated carbocycles. The van der Waals surface area contributed by atoms with E-state index in [2.05, 4.69) is 13.8 Å². The van der Waals surface area contributed by atoms with Gasteiger partial charge in [0.25, 0.3) is 0 Å². The van der Waals surface area contributed by atoms with E-state index >= 15 is 0 Å². The molecule has 0 saturated heterocycles. The number of rotatable bonds is 18. The molecule has 2 unspecified atom stereocenters. The van der Waals surface area contributed by atoms with Crippen LogP contribution in [0.4, 0.5) is 0 Å². The van der Waals surface area contributed by atoms with Crippen LogP contribution in [-0.2, 0) is 14.9 Å². The zero-order valence-electron chi connectivity index (χ0n) is 20.8. The average Bonchev–Trinajstić information content (AvgIpc) is 2.84. The van der Waals surface area contributed by atoms with Crippen LogP contribution in [0.15, 0.2) is 48.5 Å². The number of hydrogen-bond donors (Lipinski definition) is 4. The van der Waals surface area contributed by atoms with Crippen LogP contribution >= 0.6 is 0 Å². The van der Waals surface area contributed by atoms with E-state index in [1.54, 1.807) is 0 Å². The molecule has 35 heavy (non-hydrogen) atoms. The Morgan fingerprint density at radius 1 is 0.629 bits per heavy atom. The Kier molecular flexibility index (Phi) is 13.0. The summed E-state index contributed by atoms with van der Waals surface area (Å²) in [6.45, 7) is 6.07. The Bertz CT molecular complexity index is 739. The van der Waals surface area contributed by atoms with Crippen LogP contribution in [0.1, 0.15) is 50.7 Å². The SMILES string of the molecule is CC(C)(c1ccc(OC(O)CCOCCCO)cc1)c1ccc(OC(O)CCOCCCO)cc1. The van der Waals surface area contributed by atoms with Crippen LogP contribution in [0.2, 0.25) is 0 Å². The van der Waals surface area contributed by atoms with E-state index in [9.17, 15) is 10.2 Å². The summed E-state index contributed by atoms with van der Waals surface area (Å²) in [6, 6.07) is 15.3. The average molecular weight is 493 g/mol. The largest absolute Gasteiger partial charge is 0.465 e. The van der Waals surface area contributed by atoms with Gasteiger partial charge in [0.2, 0.25) is 0 Å². The molecule has 8 nitrogen and oxygen atoms in total. The summed E-state index contributed by atoms with van der Waals surface area (Å²) in [5.74, 6) is 1.15.